The molecule has 8 N–H and O–H groups in total. The van der Waals surface area contributed by atoms with Crippen LogP contribution < -0.4 is 39.0 Å². The molecule has 0 saturated carbocycles. The molecular formula is C82H95B2Cl2N8O12S14Y-. The topological polar surface area (TPSA) is 311 Å². The van der Waals surface area contributed by atoms with Crippen LogP contribution in [0.1, 0.15) is 98.3 Å². The second-order valence-corrected chi connectivity index (χ2v) is 48.4. The van der Waals surface area contributed by atoms with E-state index in [1.54, 1.807) is 82.3 Å². The van der Waals surface area contributed by atoms with Gasteiger partial charge in [-0.1, -0.05) is 249 Å². The Balaban J connectivity index is 0.000000258. The first-order valence-corrected chi connectivity index (χ1v) is 55.7. The van der Waals surface area contributed by atoms with Crippen LogP contribution >= 0.6 is 113 Å². The molecule has 4 aliphatic heterocycles. The summed E-state index contributed by atoms with van der Waals surface area (Å²) in [6, 6.07) is 78.3. The van der Waals surface area contributed by atoms with Crippen LogP contribution in [0.4, 0.5) is 56.9 Å². The van der Waals surface area contributed by atoms with Crippen molar-refractivity contribution in [3.05, 3.63) is 262 Å². The second-order valence-electron chi connectivity index (χ2n) is 25.8. The number of nitrogens with two attached hydrogens (primary N) is 2. The Kier molecular flexibility index (Phi) is 46.5. The molecule has 0 bridgehead atoms. The predicted molar refractivity (Wildman–Crippen MR) is 520 cm³/mol. The summed E-state index contributed by atoms with van der Waals surface area (Å²) in [7, 11) is -14.5. The molecule has 10 aromatic rings. The Morgan fingerprint density at radius 3 is 1.12 bits per heavy atom. The largest absolute Gasteiger partial charge is 0.398 e. The number of thioether (sulfide) groups is 4. The van der Waals surface area contributed by atoms with Gasteiger partial charge in [-0.2, -0.15) is 6.42 Å². The molecule has 39 heteroatoms. The SMILES string of the molecule is CCCCC1Sc2ccccc2N(c2ccccc2)S1(=O)=O.CCCCC1Sc2ccccc2N(c2ccccc2)S1(=O)=O.CCCCC1Sc2ccccc2NS1(=O)=O.Nc1ccccc1SSc1ccccc1N.O=S(=O)(CCl)Nc1ccccc1SSc1ccccc1NS(=O)(=O)CCl.O=S1(=O)CSc2ccccc2N1.[B].[B].[CH2-]CCC.[Y]. The van der Waals surface area contributed by atoms with Crippen LogP contribution in [-0.4, -0.2) is 96.6 Å². The third-order valence-corrected chi connectivity index (χ3v) is 39.4. The number of unbranched alkanes of at least 4 members (excludes halogenated alkanes) is 4. The zero-order valence-corrected chi connectivity index (χ0v) is 82.5. The van der Waals surface area contributed by atoms with E-state index in [0.717, 1.165) is 97.1 Å². The van der Waals surface area contributed by atoms with E-state index in [2.05, 4.69) is 53.5 Å². The number of nitrogen functional groups attached to an aromatic ring is 2. The number of fused-ring (bicyclic) bond motifs is 4. The van der Waals surface area contributed by atoms with Crippen LogP contribution in [-0.2, 0) is 92.8 Å². The first kappa shape index (κ1) is 106. The fourth-order valence-electron chi connectivity index (χ4n) is 10.8. The molecule has 3 atom stereocenters. The average molecular weight is 2020 g/mol. The minimum Gasteiger partial charge on any atom is -0.398 e. The zero-order valence-electron chi connectivity index (χ0n) is 66.7. The van der Waals surface area contributed by atoms with Gasteiger partial charge < -0.3 is 18.4 Å². The van der Waals surface area contributed by atoms with Gasteiger partial charge in [-0.15, -0.1) is 70.2 Å². The van der Waals surface area contributed by atoms with Crippen molar-refractivity contribution in [2.24, 2.45) is 0 Å². The minimum absolute atomic E-state index is 0. The molecule has 3 unspecified atom stereocenters. The third kappa shape index (κ3) is 32.6. The van der Waals surface area contributed by atoms with E-state index in [4.69, 9.17) is 34.7 Å². The summed E-state index contributed by atoms with van der Waals surface area (Å²) >= 11 is 16.6. The number of sulfonamides is 6. The van der Waals surface area contributed by atoms with Crippen molar-refractivity contribution in [1.29, 1.82) is 0 Å². The molecular weight excluding hydrogens is 1920 g/mol. The fourth-order valence-corrected chi connectivity index (χ4v) is 29.7. The Bertz CT molecular complexity index is 5360. The zero-order chi connectivity index (χ0) is 85.4. The van der Waals surface area contributed by atoms with E-state index in [1.165, 1.54) is 83.7 Å². The van der Waals surface area contributed by atoms with Crippen LogP contribution in [0.25, 0.3) is 0 Å². The number of nitrogens with zero attached hydrogens (tertiary/aromatic N) is 2. The number of rotatable bonds is 24. The summed E-state index contributed by atoms with van der Waals surface area (Å²) < 4.78 is 157. The third-order valence-electron chi connectivity index (χ3n) is 16.7. The summed E-state index contributed by atoms with van der Waals surface area (Å²) in [5.41, 5.74) is 18.4. The molecule has 0 amide bonds. The maximum absolute atomic E-state index is 13.1. The van der Waals surface area contributed by atoms with E-state index in [-0.39, 0.29) is 59.2 Å². The molecule has 10 aromatic carbocycles. The Labute approximate surface area is 788 Å². The molecule has 0 aromatic heterocycles. The second kappa shape index (κ2) is 52.9. The minimum atomic E-state index is -3.63. The van der Waals surface area contributed by atoms with E-state index in [9.17, 15) is 50.5 Å². The fraction of sp³-hybridized carbons (Fsp3) is 0.256. The van der Waals surface area contributed by atoms with Crippen molar-refractivity contribution >= 4 is 247 Å². The summed E-state index contributed by atoms with van der Waals surface area (Å²) in [5.74, 6) is 0. The summed E-state index contributed by atoms with van der Waals surface area (Å²) in [5, 5.41) is -0.992. The first-order valence-electron chi connectivity index (χ1n) is 37.2. The number of halogens is 2. The van der Waals surface area contributed by atoms with Gasteiger partial charge in [0.05, 0.1) is 45.5 Å². The predicted octanol–water partition coefficient (Wildman–Crippen LogP) is 23.0. The standard InChI is InChI=1S/2C17H19NO2S2.C14H14Cl2N2O4S4.C12H12N2S2.C11H15NO2S2.C7H7NO2S2.C4H9.2B.Y/c2*1-2-3-13-17-21-16-12-8-7-11-15(16)18(22(17,19)20)14-9-5-4-6-10-14;15-9-25(19,20)17-11-5-1-3-7-13(11)23-24-14-8-4-2-6-12(14)18-26(21,22)10-16;13-9-5-1-3-7-11(9)15-16-12-8-4-2-6-10(12)14;1-2-3-8-11-15-10-7-5-4-6-9(10)12-16(11,13)14;9-12(10)5-11-7-4-2-1-3-6(7)8-12;1-3-4-2;;;/h2*4-12,17H,2-3,13H2,1H3;1-8,17-18H,9-10H2;1-8H,13-14H2;4-7,11-12H,2-3,8H2,1H3;1-4,8H,5H2;1,3-4H2,2H3;;;/q;;;;;;-1;;;. The van der Waals surface area contributed by atoms with Gasteiger partial charge in [0.2, 0.25) is 40.1 Å². The molecule has 643 valence electrons. The molecule has 0 aliphatic carbocycles. The van der Waals surface area contributed by atoms with Gasteiger partial charge in [0.1, 0.15) is 29.3 Å². The number of para-hydroxylation sites is 10. The van der Waals surface area contributed by atoms with Gasteiger partial charge in [-0.3, -0.25) is 18.9 Å². The molecule has 14 rings (SSSR count). The smallest absolute Gasteiger partial charge is 0.252 e. The normalized spacial score (nSPS) is 16.2. The first-order chi connectivity index (χ1) is 56.5. The number of alkyl halides is 2. The number of hydrogen-bond acceptors (Lipinski definition) is 22. The Hall–Kier alpha value is -5.09. The van der Waals surface area contributed by atoms with Gasteiger partial charge in [-0.25, -0.2) is 59.1 Å². The average Bonchev–Trinajstić information content (AvgIpc) is 0.751. The monoisotopic (exact) mass is 2010 g/mol. The molecule has 0 saturated heterocycles. The van der Waals surface area contributed by atoms with Gasteiger partial charge in [0, 0.05) is 100 Å². The van der Waals surface area contributed by atoms with Crippen molar-refractivity contribution in [3.63, 3.8) is 0 Å². The molecule has 20 nitrogen and oxygen atoms in total. The van der Waals surface area contributed by atoms with Gasteiger partial charge in [0.15, 0.2) is 0 Å². The summed E-state index contributed by atoms with van der Waals surface area (Å²) in [4.78, 5) is 7.52. The quantitative estimate of drug-likeness (QED) is 0.0108. The number of hydrogen-bond donors (Lipinski definition) is 6. The van der Waals surface area contributed by atoms with Crippen LogP contribution in [0.3, 0.4) is 0 Å². The molecule has 4 heterocycles. The Morgan fingerprint density at radius 1 is 0.421 bits per heavy atom. The number of benzene rings is 10. The van der Waals surface area contributed by atoms with E-state index >= 15 is 0 Å². The van der Waals surface area contributed by atoms with Gasteiger partial charge in [-0.05, 0) is 141 Å². The van der Waals surface area contributed by atoms with E-state index < -0.39 is 79.7 Å². The van der Waals surface area contributed by atoms with Crippen LogP contribution in [0, 0.1) is 6.92 Å². The van der Waals surface area contributed by atoms with Gasteiger partial charge in [0.25, 0.3) is 20.0 Å². The maximum Gasteiger partial charge on any atom is 0.252 e. The van der Waals surface area contributed by atoms with E-state index in [0.29, 0.717) is 63.2 Å². The molecule has 0 fully saturated rings. The molecule has 0 spiro atoms. The maximum atomic E-state index is 13.1. The van der Waals surface area contributed by atoms with Gasteiger partial charge >= 0.3 is 0 Å². The molecule has 7 radical (unpaired) electrons. The number of anilines is 10. The Morgan fingerprint density at radius 2 is 0.736 bits per heavy atom. The van der Waals surface area contributed by atoms with Crippen LogP contribution in [0.15, 0.2) is 294 Å². The van der Waals surface area contributed by atoms with E-state index in [1.807, 2.05) is 194 Å². The number of nitrogens with one attached hydrogen (secondary N) is 4. The molecule has 4 aliphatic rings. The molecule has 121 heavy (non-hydrogen) atoms. The van der Waals surface area contributed by atoms with Crippen molar-refractivity contribution in [2.75, 3.05) is 54.5 Å². The summed E-state index contributed by atoms with van der Waals surface area (Å²) in [6.07, 6.45) is 10.2. The van der Waals surface area contributed by atoms with Crippen molar-refractivity contribution in [2.45, 2.75) is 151 Å². The summed E-state index contributed by atoms with van der Waals surface area (Å²) in [6.45, 7) is 12.0. The van der Waals surface area contributed by atoms with Crippen molar-refractivity contribution in [3.8, 4) is 0 Å². The van der Waals surface area contributed by atoms with Crippen molar-refractivity contribution in [1.82, 2.24) is 0 Å². The van der Waals surface area contributed by atoms with Crippen molar-refractivity contribution < 1.29 is 83.2 Å². The van der Waals surface area contributed by atoms with Crippen LogP contribution in [0.5, 0.6) is 0 Å². The van der Waals surface area contributed by atoms with Crippen LogP contribution in [0.2, 0.25) is 0 Å².